The van der Waals surface area contributed by atoms with Gasteiger partial charge in [-0.15, -0.1) is 0 Å². The van der Waals surface area contributed by atoms with Crippen LogP contribution in [0.15, 0.2) is 45.3 Å². The lowest BCUT2D eigenvalue weighted by Gasteiger charge is -2.20. The molecule has 2 rings (SSSR count). The molecule has 0 aliphatic carbocycles. The van der Waals surface area contributed by atoms with Crippen LogP contribution in [0.4, 0.5) is 4.39 Å². The minimum atomic E-state index is -0.489. The summed E-state index contributed by atoms with van der Waals surface area (Å²) in [5.41, 5.74) is 3.90. The molecule has 0 radical (unpaired) electrons. The smallest absolute Gasteiger partial charge is 0.170 e. The van der Waals surface area contributed by atoms with E-state index in [1.807, 2.05) is 18.2 Å². The first kappa shape index (κ1) is 15.4. The Hall–Kier alpha value is -0.950. The monoisotopic (exact) mass is 402 g/mol. The van der Waals surface area contributed by atoms with Crippen LogP contribution in [0.25, 0.3) is 0 Å². The Morgan fingerprint density at radius 2 is 1.95 bits per heavy atom. The molecule has 20 heavy (non-hydrogen) atoms. The second-order valence-electron chi connectivity index (χ2n) is 4.13. The number of hydrazine groups is 1. The molecule has 0 saturated heterocycles. The fourth-order valence-electron chi connectivity index (χ4n) is 1.99. The number of nitrogens with one attached hydrogen (secondary N) is 1. The van der Waals surface area contributed by atoms with Gasteiger partial charge in [-0.3, -0.25) is 5.84 Å². The van der Waals surface area contributed by atoms with Crippen LogP contribution in [0.2, 0.25) is 0 Å². The molecule has 0 bridgehead atoms. The van der Waals surface area contributed by atoms with E-state index < -0.39 is 11.9 Å². The molecule has 0 heterocycles. The van der Waals surface area contributed by atoms with Gasteiger partial charge < -0.3 is 4.74 Å². The van der Waals surface area contributed by atoms with Gasteiger partial charge in [0, 0.05) is 14.5 Å². The van der Waals surface area contributed by atoms with Crippen molar-refractivity contribution in [2.24, 2.45) is 5.84 Å². The Labute approximate surface area is 133 Å². The van der Waals surface area contributed by atoms with Gasteiger partial charge in [0.05, 0.1) is 13.2 Å². The highest BCUT2D eigenvalue weighted by Gasteiger charge is 2.21. The first-order valence-corrected chi connectivity index (χ1v) is 7.40. The Balaban J connectivity index is 2.55. The van der Waals surface area contributed by atoms with E-state index in [0.29, 0.717) is 5.56 Å². The Kier molecular flexibility index (Phi) is 5.15. The minimum Gasteiger partial charge on any atom is -0.494 e. The molecular weight excluding hydrogens is 391 g/mol. The van der Waals surface area contributed by atoms with E-state index in [4.69, 9.17) is 10.6 Å². The summed E-state index contributed by atoms with van der Waals surface area (Å²) in [6, 6.07) is 10.1. The fourth-order valence-corrected chi connectivity index (χ4v) is 2.85. The highest BCUT2D eigenvalue weighted by atomic mass is 79.9. The summed E-state index contributed by atoms with van der Waals surface area (Å²) in [6.07, 6.45) is 0. The number of ether oxygens (including phenoxy) is 1. The zero-order chi connectivity index (χ0) is 14.7. The van der Waals surface area contributed by atoms with E-state index in [9.17, 15) is 4.39 Å². The lowest BCUT2D eigenvalue weighted by atomic mass is 9.98. The summed E-state index contributed by atoms with van der Waals surface area (Å²) in [6.45, 7) is 0. The lowest BCUT2D eigenvalue weighted by Crippen LogP contribution is -2.30. The van der Waals surface area contributed by atoms with Crippen LogP contribution in [-0.4, -0.2) is 7.11 Å². The molecule has 0 amide bonds. The first-order chi connectivity index (χ1) is 9.58. The summed E-state index contributed by atoms with van der Waals surface area (Å²) in [5, 5.41) is 0. The zero-order valence-corrected chi connectivity index (χ0v) is 13.8. The van der Waals surface area contributed by atoms with Crippen molar-refractivity contribution < 1.29 is 9.13 Å². The standard InChI is InChI=1S/C14H13Br2FN2O/c1-20-12-4-2-3-9(13(12)17)14(19-18)10-7-8(15)5-6-11(10)16/h2-7,14,19H,18H2,1H3. The van der Waals surface area contributed by atoms with Gasteiger partial charge in [0.2, 0.25) is 0 Å². The molecule has 2 aromatic rings. The molecule has 0 aliphatic heterocycles. The maximum absolute atomic E-state index is 14.4. The molecular formula is C14H13Br2FN2O. The first-order valence-electron chi connectivity index (χ1n) is 5.82. The summed E-state index contributed by atoms with van der Waals surface area (Å²) in [4.78, 5) is 0. The molecule has 1 atom stereocenters. The molecule has 0 aromatic heterocycles. The molecule has 0 fully saturated rings. The van der Waals surface area contributed by atoms with Gasteiger partial charge >= 0.3 is 0 Å². The van der Waals surface area contributed by atoms with Crippen LogP contribution in [0, 0.1) is 5.82 Å². The number of nitrogens with two attached hydrogens (primary N) is 1. The van der Waals surface area contributed by atoms with Crippen LogP contribution in [0.5, 0.6) is 5.75 Å². The minimum absolute atomic E-state index is 0.189. The van der Waals surface area contributed by atoms with E-state index in [2.05, 4.69) is 37.3 Å². The van der Waals surface area contributed by atoms with E-state index in [0.717, 1.165) is 14.5 Å². The third-order valence-corrected chi connectivity index (χ3v) is 4.18. The quantitative estimate of drug-likeness (QED) is 0.600. The largest absolute Gasteiger partial charge is 0.494 e. The van der Waals surface area contributed by atoms with Crippen LogP contribution in [-0.2, 0) is 0 Å². The van der Waals surface area contributed by atoms with Crippen LogP contribution in [0.1, 0.15) is 17.2 Å². The SMILES string of the molecule is COc1cccc(C(NN)c2cc(Br)ccc2Br)c1F. The van der Waals surface area contributed by atoms with E-state index in [1.165, 1.54) is 7.11 Å². The highest BCUT2D eigenvalue weighted by molar-refractivity contribution is 9.11. The van der Waals surface area contributed by atoms with Crippen molar-refractivity contribution in [3.63, 3.8) is 0 Å². The number of methoxy groups -OCH3 is 1. The van der Waals surface area contributed by atoms with Gasteiger partial charge in [-0.25, -0.2) is 9.82 Å². The number of benzene rings is 2. The molecule has 0 aliphatic rings. The summed E-state index contributed by atoms with van der Waals surface area (Å²) < 4.78 is 21.1. The van der Waals surface area contributed by atoms with Crippen LogP contribution < -0.4 is 16.0 Å². The fraction of sp³-hybridized carbons (Fsp3) is 0.143. The van der Waals surface area contributed by atoms with Gasteiger partial charge in [0.15, 0.2) is 11.6 Å². The zero-order valence-electron chi connectivity index (χ0n) is 10.7. The molecule has 0 saturated carbocycles. The highest BCUT2D eigenvalue weighted by Crippen LogP contribution is 2.33. The second kappa shape index (κ2) is 6.67. The third-order valence-electron chi connectivity index (χ3n) is 2.96. The topological polar surface area (TPSA) is 47.3 Å². The van der Waals surface area contributed by atoms with Crippen molar-refractivity contribution >= 4 is 31.9 Å². The van der Waals surface area contributed by atoms with E-state index in [-0.39, 0.29) is 5.75 Å². The molecule has 106 valence electrons. The van der Waals surface area contributed by atoms with Gasteiger partial charge in [-0.1, -0.05) is 44.0 Å². The number of hydrogen-bond acceptors (Lipinski definition) is 3. The van der Waals surface area contributed by atoms with Crippen molar-refractivity contribution in [2.45, 2.75) is 6.04 Å². The molecule has 3 nitrogen and oxygen atoms in total. The summed E-state index contributed by atoms with van der Waals surface area (Å²) in [5.74, 6) is 5.39. The normalized spacial score (nSPS) is 12.2. The van der Waals surface area contributed by atoms with Crippen molar-refractivity contribution in [1.82, 2.24) is 5.43 Å². The number of hydrogen-bond donors (Lipinski definition) is 2. The van der Waals surface area contributed by atoms with Gasteiger partial charge in [0.1, 0.15) is 0 Å². The van der Waals surface area contributed by atoms with E-state index >= 15 is 0 Å². The van der Waals surface area contributed by atoms with E-state index in [1.54, 1.807) is 18.2 Å². The molecule has 3 N–H and O–H groups in total. The molecule has 0 spiro atoms. The molecule has 1 unspecified atom stereocenters. The maximum atomic E-state index is 14.4. The average Bonchev–Trinajstić information content (AvgIpc) is 2.45. The van der Waals surface area contributed by atoms with Crippen LogP contribution >= 0.6 is 31.9 Å². The Bertz CT molecular complexity index is 622. The van der Waals surface area contributed by atoms with Crippen LogP contribution in [0.3, 0.4) is 0 Å². The Morgan fingerprint density at radius 1 is 1.20 bits per heavy atom. The molecule has 6 heteroatoms. The second-order valence-corrected chi connectivity index (χ2v) is 5.90. The predicted molar refractivity (Wildman–Crippen MR) is 84.0 cm³/mol. The Morgan fingerprint density at radius 3 is 2.60 bits per heavy atom. The van der Waals surface area contributed by atoms with Crippen molar-refractivity contribution in [2.75, 3.05) is 7.11 Å². The molecule has 2 aromatic carbocycles. The summed E-state index contributed by atoms with van der Waals surface area (Å²) in [7, 11) is 1.43. The average molecular weight is 404 g/mol. The van der Waals surface area contributed by atoms with Crippen molar-refractivity contribution in [3.05, 3.63) is 62.3 Å². The third kappa shape index (κ3) is 3.03. The van der Waals surface area contributed by atoms with Gasteiger partial charge in [0.25, 0.3) is 0 Å². The van der Waals surface area contributed by atoms with Gasteiger partial charge in [-0.2, -0.15) is 0 Å². The maximum Gasteiger partial charge on any atom is 0.170 e. The van der Waals surface area contributed by atoms with Gasteiger partial charge in [-0.05, 0) is 29.8 Å². The summed E-state index contributed by atoms with van der Waals surface area (Å²) >= 11 is 6.86. The number of halogens is 3. The predicted octanol–water partition coefficient (Wildman–Crippen LogP) is 3.91. The number of rotatable bonds is 4. The van der Waals surface area contributed by atoms with Crippen molar-refractivity contribution in [1.29, 1.82) is 0 Å². The lowest BCUT2D eigenvalue weighted by molar-refractivity contribution is 0.381. The van der Waals surface area contributed by atoms with Crippen molar-refractivity contribution in [3.8, 4) is 5.75 Å².